The topological polar surface area (TPSA) is 88.1 Å². The lowest BCUT2D eigenvalue weighted by Gasteiger charge is -2.32. The van der Waals surface area contributed by atoms with Gasteiger partial charge in [-0.25, -0.2) is 9.67 Å². The number of hydrogen-bond acceptors (Lipinski definition) is 5. The van der Waals surface area contributed by atoms with Gasteiger partial charge in [0.05, 0.1) is 12.2 Å². The van der Waals surface area contributed by atoms with Crippen molar-refractivity contribution < 1.29 is 9.53 Å². The number of rotatable bonds is 7. The quantitative estimate of drug-likeness (QED) is 0.627. The van der Waals surface area contributed by atoms with Crippen molar-refractivity contribution in [2.24, 2.45) is 0 Å². The molecule has 0 radical (unpaired) electrons. The molecule has 4 rings (SSSR count). The monoisotopic (exact) mass is 408 g/mol. The second-order valence-corrected chi connectivity index (χ2v) is 7.68. The van der Waals surface area contributed by atoms with Crippen LogP contribution in [0.25, 0.3) is 0 Å². The minimum atomic E-state index is -0.658. The van der Waals surface area contributed by atoms with Crippen molar-refractivity contribution in [1.29, 1.82) is 0 Å². The molecule has 2 aromatic heterocycles. The number of piperidine rings is 1. The van der Waals surface area contributed by atoms with Crippen LogP contribution >= 0.6 is 0 Å². The Morgan fingerprint density at radius 3 is 2.70 bits per heavy atom. The lowest BCUT2D eigenvalue weighted by Crippen LogP contribution is -2.35. The fourth-order valence-corrected chi connectivity index (χ4v) is 4.03. The smallest absolute Gasteiger partial charge is 0.259 e. The number of benzene rings is 1. The van der Waals surface area contributed by atoms with Crippen molar-refractivity contribution >= 4 is 11.7 Å². The molecule has 1 unspecified atom stereocenters. The van der Waals surface area contributed by atoms with E-state index in [9.17, 15) is 4.79 Å². The van der Waals surface area contributed by atoms with E-state index in [0.29, 0.717) is 5.82 Å². The maximum absolute atomic E-state index is 12.8. The molecule has 1 atom stereocenters. The molecule has 0 saturated carbocycles. The standard InChI is InChI=1S/C22H28N6O2/c1-16-23-14-18(25-16)15-27-12-9-19(10-13-27)28-20(8-11-24-28)26-22(29)21(30-2)17-6-4-3-5-7-17/h3-8,11,14,19,21H,9-10,12-13,15H2,1-2H3,(H,23,25)(H,26,29). The molecular weight excluding hydrogens is 380 g/mol. The average Bonchev–Trinajstić information content (AvgIpc) is 3.39. The highest BCUT2D eigenvalue weighted by Gasteiger charge is 2.25. The number of aryl methyl sites for hydroxylation is 1. The van der Waals surface area contributed by atoms with Gasteiger partial charge in [-0.2, -0.15) is 5.10 Å². The highest BCUT2D eigenvalue weighted by Crippen LogP contribution is 2.27. The molecule has 30 heavy (non-hydrogen) atoms. The first-order chi connectivity index (χ1) is 14.6. The zero-order chi connectivity index (χ0) is 20.9. The fraction of sp³-hybridized carbons (Fsp3) is 0.409. The molecule has 158 valence electrons. The van der Waals surface area contributed by atoms with Crippen molar-refractivity contribution in [3.05, 3.63) is 65.9 Å². The Bertz CT molecular complexity index is 959. The number of carbonyl (C=O) groups is 1. The molecule has 1 aliphatic rings. The Morgan fingerprint density at radius 1 is 1.27 bits per heavy atom. The third-order valence-electron chi connectivity index (χ3n) is 5.55. The SMILES string of the molecule is COC(C(=O)Nc1ccnn1C1CCN(Cc2cnc(C)[nH]2)CC1)c1ccccc1. The fourth-order valence-electron chi connectivity index (χ4n) is 4.03. The van der Waals surface area contributed by atoms with Crippen LogP contribution in [0.5, 0.6) is 0 Å². The van der Waals surface area contributed by atoms with Crippen molar-refractivity contribution in [2.75, 3.05) is 25.5 Å². The van der Waals surface area contributed by atoms with Crippen LogP contribution in [0.2, 0.25) is 0 Å². The summed E-state index contributed by atoms with van der Waals surface area (Å²) in [6.07, 6.45) is 4.93. The van der Waals surface area contributed by atoms with Crippen molar-refractivity contribution in [3.8, 4) is 0 Å². The maximum atomic E-state index is 12.8. The first kappa shape index (κ1) is 20.3. The first-order valence-corrected chi connectivity index (χ1v) is 10.3. The van der Waals surface area contributed by atoms with Gasteiger partial charge in [0, 0.05) is 44.7 Å². The van der Waals surface area contributed by atoms with Crippen LogP contribution < -0.4 is 5.32 Å². The molecule has 1 fully saturated rings. The zero-order valence-corrected chi connectivity index (χ0v) is 17.4. The van der Waals surface area contributed by atoms with Crippen LogP contribution in [0.4, 0.5) is 5.82 Å². The molecule has 1 saturated heterocycles. The van der Waals surface area contributed by atoms with E-state index in [1.165, 1.54) is 0 Å². The van der Waals surface area contributed by atoms with Crippen LogP contribution in [-0.4, -0.2) is 50.8 Å². The van der Waals surface area contributed by atoms with Crippen LogP contribution in [0.3, 0.4) is 0 Å². The summed E-state index contributed by atoms with van der Waals surface area (Å²) >= 11 is 0. The largest absolute Gasteiger partial charge is 0.367 e. The summed E-state index contributed by atoms with van der Waals surface area (Å²) in [6, 6.07) is 11.6. The number of amides is 1. The predicted octanol–water partition coefficient (Wildman–Crippen LogP) is 3.08. The second kappa shape index (κ2) is 9.23. The summed E-state index contributed by atoms with van der Waals surface area (Å²) in [5.41, 5.74) is 1.97. The molecule has 0 spiro atoms. The normalized spacial score (nSPS) is 16.5. The van der Waals surface area contributed by atoms with E-state index in [2.05, 4.69) is 25.3 Å². The highest BCUT2D eigenvalue weighted by molar-refractivity contribution is 5.94. The van der Waals surface area contributed by atoms with Gasteiger partial charge in [-0.05, 0) is 25.3 Å². The molecule has 1 amide bonds. The zero-order valence-electron chi connectivity index (χ0n) is 17.4. The lowest BCUT2D eigenvalue weighted by molar-refractivity contribution is -0.126. The summed E-state index contributed by atoms with van der Waals surface area (Å²) in [4.78, 5) is 22.8. The van der Waals surface area contributed by atoms with Gasteiger partial charge in [-0.3, -0.25) is 9.69 Å². The van der Waals surface area contributed by atoms with Crippen molar-refractivity contribution in [3.63, 3.8) is 0 Å². The van der Waals surface area contributed by atoms with E-state index >= 15 is 0 Å². The molecule has 0 bridgehead atoms. The third kappa shape index (κ3) is 4.60. The summed E-state index contributed by atoms with van der Waals surface area (Å²) in [6.45, 7) is 4.79. The lowest BCUT2D eigenvalue weighted by atomic mass is 10.1. The van der Waals surface area contributed by atoms with Gasteiger partial charge >= 0.3 is 0 Å². The Kier molecular flexibility index (Phi) is 6.25. The Balaban J connectivity index is 1.37. The van der Waals surface area contributed by atoms with Gasteiger partial charge in [0.1, 0.15) is 11.6 Å². The number of ether oxygens (including phenoxy) is 1. The summed E-state index contributed by atoms with van der Waals surface area (Å²) in [7, 11) is 1.55. The molecule has 8 nitrogen and oxygen atoms in total. The molecule has 8 heteroatoms. The van der Waals surface area contributed by atoms with Gasteiger partial charge in [-0.1, -0.05) is 30.3 Å². The number of hydrogen-bond donors (Lipinski definition) is 2. The highest BCUT2D eigenvalue weighted by atomic mass is 16.5. The minimum absolute atomic E-state index is 0.197. The van der Waals surface area contributed by atoms with E-state index < -0.39 is 6.10 Å². The Hall–Kier alpha value is -2.97. The first-order valence-electron chi connectivity index (χ1n) is 10.3. The van der Waals surface area contributed by atoms with E-state index in [1.54, 1.807) is 13.3 Å². The number of nitrogens with zero attached hydrogens (tertiary/aromatic N) is 4. The second-order valence-electron chi connectivity index (χ2n) is 7.68. The van der Waals surface area contributed by atoms with Gasteiger partial charge in [0.25, 0.3) is 5.91 Å². The molecule has 2 N–H and O–H groups in total. The Labute approximate surface area is 176 Å². The molecule has 3 heterocycles. The van der Waals surface area contributed by atoms with Crippen LogP contribution in [0, 0.1) is 6.92 Å². The van der Waals surface area contributed by atoms with Crippen molar-refractivity contribution in [1.82, 2.24) is 24.6 Å². The summed E-state index contributed by atoms with van der Waals surface area (Å²) in [5, 5.41) is 7.49. The molecular formula is C22H28N6O2. The van der Waals surface area contributed by atoms with Gasteiger partial charge in [0.15, 0.2) is 6.10 Å². The molecule has 1 aliphatic heterocycles. The molecule has 0 aliphatic carbocycles. The number of nitrogens with one attached hydrogen (secondary N) is 2. The number of aromatic amines is 1. The van der Waals surface area contributed by atoms with E-state index in [1.807, 2.05) is 54.2 Å². The third-order valence-corrected chi connectivity index (χ3v) is 5.55. The van der Waals surface area contributed by atoms with E-state index in [0.717, 1.165) is 49.6 Å². The van der Waals surface area contributed by atoms with Gasteiger partial charge < -0.3 is 15.0 Å². The van der Waals surface area contributed by atoms with Crippen LogP contribution in [-0.2, 0) is 16.1 Å². The maximum Gasteiger partial charge on any atom is 0.259 e. The number of H-pyrrole nitrogens is 1. The van der Waals surface area contributed by atoms with E-state index in [4.69, 9.17) is 4.74 Å². The number of likely N-dealkylation sites (tertiary alicyclic amines) is 1. The van der Waals surface area contributed by atoms with Crippen molar-refractivity contribution in [2.45, 2.75) is 38.5 Å². The van der Waals surface area contributed by atoms with Crippen LogP contribution in [0.1, 0.15) is 42.1 Å². The number of imidazole rings is 1. The summed E-state index contributed by atoms with van der Waals surface area (Å²) < 4.78 is 7.39. The minimum Gasteiger partial charge on any atom is -0.367 e. The number of anilines is 1. The average molecular weight is 409 g/mol. The molecule has 3 aromatic rings. The van der Waals surface area contributed by atoms with Gasteiger partial charge in [0.2, 0.25) is 0 Å². The summed E-state index contributed by atoms with van der Waals surface area (Å²) in [5.74, 6) is 1.46. The number of aromatic nitrogens is 4. The predicted molar refractivity (Wildman–Crippen MR) is 114 cm³/mol. The van der Waals surface area contributed by atoms with Gasteiger partial charge in [-0.15, -0.1) is 0 Å². The number of methoxy groups -OCH3 is 1. The Morgan fingerprint density at radius 2 is 2.03 bits per heavy atom. The number of carbonyl (C=O) groups excluding carboxylic acids is 1. The van der Waals surface area contributed by atoms with E-state index in [-0.39, 0.29) is 11.9 Å². The molecule has 1 aromatic carbocycles. The van der Waals surface area contributed by atoms with Crippen LogP contribution in [0.15, 0.2) is 48.8 Å².